The SMILES string of the molecule is CCCOc1ccc(-n2nnnc2C(F)(F)F)cc1CN(C(=O)OC(C)(C)C)[C@H]1CCCN(C(=O)OC(C)(C)C)[C@H]1c1ccccc1. The number of hydrogen-bond acceptors (Lipinski definition) is 8. The molecule has 0 unspecified atom stereocenters. The molecule has 0 bridgehead atoms. The first-order chi connectivity index (χ1) is 22.0. The maximum absolute atomic E-state index is 14.1. The summed E-state index contributed by atoms with van der Waals surface area (Å²) in [6.45, 7) is 13.2. The highest BCUT2D eigenvalue weighted by molar-refractivity contribution is 5.71. The monoisotopic (exact) mass is 660 g/mol. The van der Waals surface area contributed by atoms with Crippen molar-refractivity contribution in [2.24, 2.45) is 0 Å². The van der Waals surface area contributed by atoms with E-state index in [-0.39, 0.29) is 12.2 Å². The van der Waals surface area contributed by atoms with Crippen LogP contribution in [0.5, 0.6) is 5.75 Å². The van der Waals surface area contributed by atoms with Crippen molar-refractivity contribution in [1.29, 1.82) is 0 Å². The predicted molar refractivity (Wildman–Crippen MR) is 167 cm³/mol. The van der Waals surface area contributed by atoms with Crippen LogP contribution in [0.1, 0.15) is 90.7 Å². The average Bonchev–Trinajstić information content (AvgIpc) is 3.48. The van der Waals surface area contributed by atoms with E-state index >= 15 is 0 Å². The number of aromatic nitrogens is 4. The molecule has 2 atom stereocenters. The summed E-state index contributed by atoms with van der Waals surface area (Å²) >= 11 is 0. The molecule has 2 aromatic carbocycles. The Balaban J connectivity index is 1.85. The van der Waals surface area contributed by atoms with E-state index < -0.39 is 47.5 Å². The Kier molecular flexibility index (Phi) is 10.7. The molecule has 1 fully saturated rings. The number of benzene rings is 2. The molecule has 47 heavy (non-hydrogen) atoms. The number of rotatable bonds is 8. The van der Waals surface area contributed by atoms with Crippen molar-refractivity contribution < 1.29 is 37.0 Å². The lowest BCUT2D eigenvalue weighted by Crippen LogP contribution is -2.54. The fourth-order valence-electron chi connectivity index (χ4n) is 5.41. The zero-order valence-corrected chi connectivity index (χ0v) is 27.9. The third-order valence-corrected chi connectivity index (χ3v) is 7.21. The van der Waals surface area contributed by atoms with Crippen molar-refractivity contribution in [3.05, 3.63) is 65.5 Å². The minimum atomic E-state index is -4.81. The number of carbonyl (C=O) groups is 2. The topological polar surface area (TPSA) is 112 Å². The number of likely N-dealkylation sites (tertiary alicyclic amines) is 1. The number of hydrogen-bond donors (Lipinski definition) is 0. The summed E-state index contributed by atoms with van der Waals surface area (Å²) < 4.78 is 59.5. The number of piperidine rings is 1. The van der Waals surface area contributed by atoms with Gasteiger partial charge < -0.3 is 14.2 Å². The fraction of sp³-hybridized carbons (Fsp3) is 0.545. The van der Waals surface area contributed by atoms with Crippen LogP contribution in [0, 0.1) is 0 Å². The Morgan fingerprint density at radius 1 is 0.979 bits per heavy atom. The van der Waals surface area contributed by atoms with E-state index in [1.165, 1.54) is 23.1 Å². The van der Waals surface area contributed by atoms with Crippen LogP contribution in [0.2, 0.25) is 0 Å². The Morgan fingerprint density at radius 3 is 2.28 bits per heavy atom. The van der Waals surface area contributed by atoms with Gasteiger partial charge in [0.25, 0.3) is 5.82 Å². The number of ether oxygens (including phenoxy) is 3. The summed E-state index contributed by atoms with van der Waals surface area (Å²) in [4.78, 5) is 30.9. The smallest absolute Gasteiger partial charge is 0.453 e. The van der Waals surface area contributed by atoms with Crippen LogP contribution in [0.3, 0.4) is 0 Å². The molecule has 1 saturated heterocycles. The zero-order chi connectivity index (χ0) is 34.6. The lowest BCUT2D eigenvalue weighted by atomic mass is 9.89. The van der Waals surface area contributed by atoms with E-state index in [1.54, 1.807) is 46.4 Å². The third kappa shape index (κ3) is 9.13. The summed E-state index contributed by atoms with van der Waals surface area (Å²) in [5, 5.41) is 9.99. The van der Waals surface area contributed by atoms with Gasteiger partial charge in [0.2, 0.25) is 0 Å². The fourth-order valence-corrected chi connectivity index (χ4v) is 5.41. The van der Waals surface area contributed by atoms with Crippen LogP contribution in [0.15, 0.2) is 48.5 Å². The quantitative estimate of drug-likeness (QED) is 0.247. The molecule has 14 heteroatoms. The van der Waals surface area contributed by atoms with E-state index in [0.717, 1.165) is 5.56 Å². The lowest BCUT2D eigenvalue weighted by Gasteiger charge is -2.46. The second-order valence-corrected chi connectivity index (χ2v) is 13.4. The summed E-state index contributed by atoms with van der Waals surface area (Å²) in [6.07, 6.45) is -4.24. The number of carbonyl (C=O) groups excluding carboxylic acids is 2. The Bertz CT molecular complexity index is 1520. The van der Waals surface area contributed by atoms with Crippen LogP contribution in [-0.4, -0.2) is 72.6 Å². The molecule has 2 amide bonds. The van der Waals surface area contributed by atoms with Crippen molar-refractivity contribution in [2.75, 3.05) is 13.2 Å². The number of tetrazole rings is 1. The molecular weight excluding hydrogens is 617 g/mol. The first kappa shape index (κ1) is 35.5. The summed E-state index contributed by atoms with van der Waals surface area (Å²) in [5.41, 5.74) is -0.394. The Hall–Kier alpha value is -4.36. The number of alkyl halides is 3. The van der Waals surface area contributed by atoms with Crippen molar-refractivity contribution >= 4 is 12.2 Å². The van der Waals surface area contributed by atoms with Crippen LogP contribution in [0.25, 0.3) is 5.69 Å². The van der Waals surface area contributed by atoms with E-state index in [4.69, 9.17) is 14.2 Å². The molecule has 0 spiro atoms. The van der Waals surface area contributed by atoms with Gasteiger partial charge in [-0.1, -0.05) is 37.3 Å². The second-order valence-electron chi connectivity index (χ2n) is 13.4. The Labute approximate surface area is 273 Å². The standard InChI is InChI=1S/C33H43F3N6O5/c1-8-19-45-26-17-16-24(42-28(33(34,35)36)37-38-39-42)20-23(26)21-41(30(44)47-32(5,6)7)25-15-12-18-40(29(43)46-31(2,3)4)27(25)22-13-10-9-11-14-22/h9-11,13-14,16-17,20,25,27H,8,12,15,18-19,21H2,1-7H3/t25-,27-/m0/s1. The molecule has 0 saturated carbocycles. The number of halogens is 3. The van der Waals surface area contributed by atoms with Gasteiger partial charge in [-0.3, -0.25) is 9.80 Å². The maximum Gasteiger partial charge on any atom is 0.453 e. The normalized spacial score (nSPS) is 17.3. The molecule has 0 N–H and O–H groups in total. The molecule has 0 aliphatic carbocycles. The molecule has 0 radical (unpaired) electrons. The minimum absolute atomic E-state index is 0.0314. The Morgan fingerprint density at radius 2 is 1.66 bits per heavy atom. The van der Waals surface area contributed by atoms with Gasteiger partial charge in [0.05, 0.1) is 30.9 Å². The maximum atomic E-state index is 14.1. The molecule has 1 aromatic heterocycles. The van der Waals surface area contributed by atoms with Gasteiger partial charge in [0.15, 0.2) is 0 Å². The van der Waals surface area contributed by atoms with Gasteiger partial charge in [-0.25, -0.2) is 9.59 Å². The number of amides is 2. The van der Waals surface area contributed by atoms with Gasteiger partial charge >= 0.3 is 18.4 Å². The largest absolute Gasteiger partial charge is 0.493 e. The molecule has 4 rings (SSSR count). The average molecular weight is 661 g/mol. The molecule has 1 aliphatic heterocycles. The van der Waals surface area contributed by atoms with Crippen LogP contribution in [-0.2, 0) is 22.2 Å². The second kappa shape index (κ2) is 14.2. The van der Waals surface area contributed by atoms with E-state index in [1.807, 2.05) is 37.3 Å². The summed E-state index contributed by atoms with van der Waals surface area (Å²) in [6, 6.07) is 12.6. The molecular formula is C33H43F3N6O5. The van der Waals surface area contributed by atoms with E-state index in [2.05, 4.69) is 15.5 Å². The van der Waals surface area contributed by atoms with Gasteiger partial charge in [-0.05, 0) is 95.0 Å². The van der Waals surface area contributed by atoms with Crippen LogP contribution < -0.4 is 4.74 Å². The zero-order valence-electron chi connectivity index (χ0n) is 27.9. The minimum Gasteiger partial charge on any atom is -0.493 e. The summed E-state index contributed by atoms with van der Waals surface area (Å²) in [7, 11) is 0. The predicted octanol–water partition coefficient (Wildman–Crippen LogP) is 7.35. The van der Waals surface area contributed by atoms with Gasteiger partial charge in [0.1, 0.15) is 17.0 Å². The molecule has 1 aliphatic rings. The number of nitrogens with zero attached hydrogens (tertiary/aromatic N) is 6. The van der Waals surface area contributed by atoms with Gasteiger partial charge in [-0.2, -0.15) is 17.9 Å². The highest BCUT2D eigenvalue weighted by Crippen LogP contribution is 2.38. The summed E-state index contributed by atoms with van der Waals surface area (Å²) in [5.74, 6) is -0.916. The van der Waals surface area contributed by atoms with Crippen molar-refractivity contribution in [3.63, 3.8) is 0 Å². The first-order valence-corrected chi connectivity index (χ1v) is 15.6. The molecule has 11 nitrogen and oxygen atoms in total. The first-order valence-electron chi connectivity index (χ1n) is 15.6. The third-order valence-electron chi connectivity index (χ3n) is 7.21. The van der Waals surface area contributed by atoms with Gasteiger partial charge in [0, 0.05) is 12.1 Å². The van der Waals surface area contributed by atoms with Crippen LogP contribution >= 0.6 is 0 Å². The highest BCUT2D eigenvalue weighted by Gasteiger charge is 2.43. The van der Waals surface area contributed by atoms with E-state index in [0.29, 0.717) is 48.4 Å². The lowest BCUT2D eigenvalue weighted by molar-refractivity contribution is -0.146. The van der Waals surface area contributed by atoms with Crippen molar-refractivity contribution in [3.8, 4) is 11.4 Å². The van der Waals surface area contributed by atoms with Gasteiger partial charge in [-0.15, -0.1) is 5.10 Å². The molecule has 2 heterocycles. The van der Waals surface area contributed by atoms with Crippen molar-refractivity contribution in [1.82, 2.24) is 30.0 Å². The van der Waals surface area contributed by atoms with Crippen molar-refractivity contribution in [2.45, 2.75) is 104 Å². The molecule has 256 valence electrons. The van der Waals surface area contributed by atoms with E-state index in [9.17, 15) is 22.8 Å². The molecule has 3 aromatic rings. The van der Waals surface area contributed by atoms with Crippen LogP contribution in [0.4, 0.5) is 22.8 Å². The highest BCUT2D eigenvalue weighted by atomic mass is 19.4.